The molecule has 212 valence electrons. The molecule has 0 unspecified atom stereocenters. The second-order valence-electron chi connectivity index (χ2n) is 10.7. The molecule has 2 aliphatic carbocycles. The van der Waals surface area contributed by atoms with Gasteiger partial charge in [-0.3, -0.25) is 4.39 Å². The van der Waals surface area contributed by atoms with E-state index < -0.39 is 35.4 Å². The van der Waals surface area contributed by atoms with E-state index in [1.54, 1.807) is 6.07 Å². The highest BCUT2D eigenvalue weighted by molar-refractivity contribution is 5.65. The minimum atomic E-state index is -5.18. The van der Waals surface area contributed by atoms with Crippen LogP contribution in [0.2, 0.25) is 0 Å². The molecule has 0 aromatic heterocycles. The number of hydrogen-bond donors (Lipinski definition) is 0. The fourth-order valence-corrected chi connectivity index (χ4v) is 5.78. The van der Waals surface area contributed by atoms with Crippen LogP contribution in [-0.4, -0.2) is 12.8 Å². The smallest absolute Gasteiger partial charge is 0.251 e. The van der Waals surface area contributed by atoms with Gasteiger partial charge in [0, 0.05) is 5.56 Å². The van der Waals surface area contributed by atoms with Crippen LogP contribution in [0.3, 0.4) is 0 Å². The van der Waals surface area contributed by atoms with Crippen molar-refractivity contribution in [1.82, 2.24) is 0 Å². The van der Waals surface area contributed by atoms with Crippen LogP contribution in [0.4, 0.5) is 35.1 Å². The predicted octanol–water partition coefficient (Wildman–Crippen LogP) is 10.7. The van der Waals surface area contributed by atoms with Gasteiger partial charge in [-0.25, -0.2) is 17.6 Å². The minimum Gasteiger partial charge on any atom is -0.251 e. The number of rotatable bonds is 6. The summed E-state index contributed by atoms with van der Waals surface area (Å²) in [6, 6.07) is 4.99. The Hall–Kier alpha value is -2.12. The number of benzene rings is 2. The molecule has 0 heterocycles. The summed E-state index contributed by atoms with van der Waals surface area (Å²) in [7, 11) is 0. The van der Waals surface area contributed by atoms with Gasteiger partial charge in [-0.1, -0.05) is 57.6 Å². The first-order chi connectivity index (χ1) is 18.0. The summed E-state index contributed by atoms with van der Waals surface area (Å²) in [6.07, 6.45) is 4.72. The highest BCUT2D eigenvalue weighted by Gasteiger charge is 2.38. The predicted molar refractivity (Wildman–Crippen MR) is 134 cm³/mol. The van der Waals surface area contributed by atoms with Crippen LogP contribution < -0.4 is 0 Å². The number of hydrogen-bond acceptors (Lipinski definition) is 0. The van der Waals surface area contributed by atoms with E-state index in [1.807, 2.05) is 0 Å². The van der Waals surface area contributed by atoms with Crippen molar-refractivity contribution in [2.24, 2.45) is 11.8 Å². The molecule has 0 saturated heterocycles. The first-order valence-electron chi connectivity index (χ1n) is 13.6. The molecule has 2 aromatic carbocycles. The molecule has 2 aliphatic rings. The van der Waals surface area contributed by atoms with Gasteiger partial charge < -0.3 is 0 Å². The molecule has 0 amide bonds. The molecule has 0 N–H and O–H groups in total. The van der Waals surface area contributed by atoms with Crippen LogP contribution in [0.15, 0.2) is 30.3 Å². The van der Waals surface area contributed by atoms with Crippen LogP contribution in [0.25, 0.3) is 11.1 Å². The molecule has 0 nitrogen and oxygen atoms in total. The fourth-order valence-electron chi connectivity index (χ4n) is 5.78. The minimum absolute atomic E-state index is 0.00775. The van der Waals surface area contributed by atoms with Crippen molar-refractivity contribution in [3.05, 3.63) is 58.9 Å². The first-order valence-corrected chi connectivity index (χ1v) is 13.6. The molecule has 0 radical (unpaired) electrons. The lowest BCUT2D eigenvalue weighted by Gasteiger charge is -2.27. The Morgan fingerprint density at radius 1 is 0.737 bits per heavy atom. The molecule has 0 atom stereocenters. The zero-order valence-corrected chi connectivity index (χ0v) is 21.7. The van der Waals surface area contributed by atoms with Crippen LogP contribution >= 0.6 is 0 Å². The molecule has 38 heavy (non-hydrogen) atoms. The van der Waals surface area contributed by atoms with Crippen molar-refractivity contribution < 1.29 is 35.1 Å². The number of alkyl halides is 5. The average molecular weight is 549 g/mol. The van der Waals surface area contributed by atoms with Crippen LogP contribution in [0.1, 0.15) is 94.6 Å². The average Bonchev–Trinajstić information content (AvgIpc) is 2.85. The van der Waals surface area contributed by atoms with E-state index in [9.17, 15) is 35.1 Å². The van der Waals surface area contributed by atoms with E-state index in [1.165, 1.54) is 50.7 Å². The zero-order chi connectivity index (χ0) is 27.9. The molecule has 2 saturated carbocycles. The molecule has 2 fully saturated rings. The van der Waals surface area contributed by atoms with Gasteiger partial charge in [-0.15, -0.1) is 0 Å². The van der Waals surface area contributed by atoms with E-state index in [-0.39, 0.29) is 23.7 Å². The van der Waals surface area contributed by atoms with Gasteiger partial charge in [0.05, 0.1) is 6.67 Å². The van der Waals surface area contributed by atoms with Crippen LogP contribution in [-0.2, 0) is 6.18 Å². The second-order valence-corrected chi connectivity index (χ2v) is 10.7. The molecule has 8 heteroatoms. The van der Waals surface area contributed by atoms with Crippen LogP contribution in [0.5, 0.6) is 0 Å². The van der Waals surface area contributed by atoms with Crippen molar-refractivity contribution in [2.75, 3.05) is 6.67 Å². The monoisotopic (exact) mass is 548 g/mol. The molecule has 4 rings (SSSR count). The highest BCUT2D eigenvalue weighted by atomic mass is 19.4. The first kappa shape index (κ1) is 30.4. The van der Waals surface area contributed by atoms with E-state index in [2.05, 4.69) is 6.92 Å². The largest absolute Gasteiger partial charge is 0.422 e. The summed E-state index contributed by atoms with van der Waals surface area (Å²) in [5.74, 6) is -2.71. The summed E-state index contributed by atoms with van der Waals surface area (Å²) >= 11 is 0. The lowest BCUT2D eigenvalue weighted by Crippen LogP contribution is -2.14. The molecule has 0 bridgehead atoms. The zero-order valence-electron chi connectivity index (χ0n) is 21.7. The Kier molecular flexibility index (Phi) is 11.0. The summed E-state index contributed by atoms with van der Waals surface area (Å²) in [4.78, 5) is 0. The third-order valence-electron chi connectivity index (χ3n) is 7.94. The van der Waals surface area contributed by atoms with Gasteiger partial charge in [0.15, 0.2) is 0 Å². The quantitative estimate of drug-likeness (QED) is 0.315. The van der Waals surface area contributed by atoms with Gasteiger partial charge in [0.1, 0.15) is 29.2 Å². The fraction of sp³-hybridized carbons (Fsp3) is 0.600. The highest BCUT2D eigenvalue weighted by Crippen LogP contribution is 2.38. The normalized spacial score (nSPS) is 24.0. The lowest BCUT2D eigenvalue weighted by molar-refractivity contribution is -0.142. The third-order valence-corrected chi connectivity index (χ3v) is 7.94. The van der Waals surface area contributed by atoms with Gasteiger partial charge in [-0.05, 0) is 79.2 Å². The van der Waals surface area contributed by atoms with Crippen molar-refractivity contribution in [2.45, 2.75) is 95.8 Å². The molecule has 2 aromatic rings. The van der Waals surface area contributed by atoms with Gasteiger partial charge in [-0.2, -0.15) is 13.2 Å². The summed E-state index contributed by atoms with van der Waals surface area (Å²) in [5.41, 5.74) is -1.86. The molecule has 0 aliphatic heterocycles. The number of halogens is 8. The van der Waals surface area contributed by atoms with Crippen molar-refractivity contribution in [3.8, 4) is 11.1 Å². The summed E-state index contributed by atoms with van der Waals surface area (Å²) < 4.78 is 105. The van der Waals surface area contributed by atoms with E-state index >= 15 is 0 Å². The molecular weight excluding hydrogens is 512 g/mol. The third kappa shape index (κ3) is 8.19. The molecule has 0 spiro atoms. The Balaban J connectivity index is 0.000000279. The topological polar surface area (TPSA) is 0 Å². The Morgan fingerprint density at radius 3 is 1.76 bits per heavy atom. The maximum Gasteiger partial charge on any atom is 0.422 e. The lowest BCUT2D eigenvalue weighted by atomic mass is 9.79. The summed E-state index contributed by atoms with van der Waals surface area (Å²) in [6.45, 7) is 2.15. The van der Waals surface area contributed by atoms with Crippen molar-refractivity contribution in [1.29, 1.82) is 0 Å². The Bertz CT molecular complexity index is 978. The maximum atomic E-state index is 14.4. The van der Waals surface area contributed by atoms with Crippen LogP contribution in [0, 0.1) is 29.3 Å². The Morgan fingerprint density at radius 2 is 1.29 bits per heavy atom. The van der Waals surface area contributed by atoms with Crippen molar-refractivity contribution >= 4 is 0 Å². The van der Waals surface area contributed by atoms with Gasteiger partial charge in [0.2, 0.25) is 0 Å². The SMILES string of the molecule is CCCC1CCC(CCF)CC1.Fc1cc(C2CCC(F)CC2)ccc1-c1cc(F)c(C(F)(F)F)c(F)c1. The van der Waals surface area contributed by atoms with E-state index in [0.717, 1.165) is 12.3 Å². The van der Waals surface area contributed by atoms with Gasteiger partial charge >= 0.3 is 6.18 Å². The van der Waals surface area contributed by atoms with Crippen molar-refractivity contribution in [3.63, 3.8) is 0 Å². The van der Waals surface area contributed by atoms with Gasteiger partial charge in [0.25, 0.3) is 0 Å². The van der Waals surface area contributed by atoms with E-state index in [4.69, 9.17) is 0 Å². The second kappa shape index (κ2) is 13.8. The molecular formula is C30H36F8. The maximum absolute atomic E-state index is 14.4. The van der Waals surface area contributed by atoms with E-state index in [0.29, 0.717) is 49.3 Å². The Labute approximate surface area is 219 Å². The standard InChI is InChI=1S/C19H15F7.C11H21F/c20-13-4-1-10(2-5-13)11-3-6-14(15(21)7-11)12-8-16(22)18(17(23)9-12)19(24,25)26;1-2-3-10-4-6-11(7-5-10)8-9-12/h3,6-10,13H,1-2,4-5H2;10-11H,2-9H2,1H3. The summed E-state index contributed by atoms with van der Waals surface area (Å²) in [5, 5.41) is 0.